The van der Waals surface area contributed by atoms with Crippen molar-refractivity contribution < 1.29 is 0 Å². The molecule has 0 saturated carbocycles. The van der Waals surface area contributed by atoms with Gasteiger partial charge >= 0.3 is 0 Å². The van der Waals surface area contributed by atoms with Gasteiger partial charge in [0.15, 0.2) is 10.1 Å². The Morgan fingerprint density at radius 3 is 3.25 bits per heavy atom. The minimum absolute atomic E-state index is 0.608. The first-order valence-electron chi connectivity index (χ1n) is 5.05. The first-order valence-corrected chi connectivity index (χ1v) is 7.60. The van der Waals surface area contributed by atoms with E-state index in [4.69, 9.17) is 11.6 Å². The molecule has 2 heterocycles. The molecule has 1 unspecified atom stereocenters. The zero-order valence-corrected chi connectivity index (χ0v) is 11.6. The predicted molar refractivity (Wildman–Crippen MR) is 72.8 cm³/mol. The van der Waals surface area contributed by atoms with Gasteiger partial charge in [-0.3, -0.25) is 4.40 Å². The maximum absolute atomic E-state index is 6.09. The van der Waals surface area contributed by atoms with Gasteiger partial charge in [-0.1, -0.05) is 18.5 Å². The molecule has 0 aliphatic rings. The predicted octanol–water partition coefficient (Wildman–Crippen LogP) is 2.89. The van der Waals surface area contributed by atoms with E-state index in [0.717, 1.165) is 23.7 Å². The van der Waals surface area contributed by atoms with Crippen LogP contribution in [0.4, 0.5) is 0 Å². The molecule has 0 spiro atoms. The smallest absolute Gasteiger partial charge is 0.195 e. The molecular formula is C10H14ClN3S2. The number of thiazole rings is 1. The molecule has 88 valence electrons. The van der Waals surface area contributed by atoms with E-state index in [1.807, 2.05) is 27.7 Å². The Kier molecular flexibility index (Phi) is 4.13. The van der Waals surface area contributed by atoms with Crippen LogP contribution in [-0.4, -0.2) is 27.4 Å². The first-order chi connectivity index (χ1) is 7.72. The maximum atomic E-state index is 6.09. The summed E-state index contributed by atoms with van der Waals surface area (Å²) < 4.78 is 2.05. The van der Waals surface area contributed by atoms with E-state index in [2.05, 4.69) is 23.5 Å². The van der Waals surface area contributed by atoms with E-state index in [1.165, 1.54) is 0 Å². The van der Waals surface area contributed by atoms with Crippen LogP contribution >= 0.6 is 34.7 Å². The number of imidazole rings is 1. The molecule has 0 aromatic carbocycles. The van der Waals surface area contributed by atoms with Crippen LogP contribution in [0.2, 0.25) is 5.15 Å². The summed E-state index contributed by atoms with van der Waals surface area (Å²) in [6, 6.07) is 0. The molecule has 2 rings (SSSR count). The van der Waals surface area contributed by atoms with Gasteiger partial charge in [-0.25, -0.2) is 4.98 Å². The molecule has 0 amide bonds. The topological polar surface area (TPSA) is 29.3 Å². The molecule has 0 bridgehead atoms. The first kappa shape index (κ1) is 12.2. The van der Waals surface area contributed by atoms with Crippen molar-refractivity contribution in [3.8, 4) is 0 Å². The SMILES string of the molecule is CSC(C)CNCc1c(Cl)nc2sccn12. The lowest BCUT2D eigenvalue weighted by molar-refractivity contribution is 0.670. The van der Waals surface area contributed by atoms with Crippen LogP contribution in [-0.2, 0) is 6.54 Å². The number of rotatable bonds is 5. The molecule has 2 aromatic heterocycles. The van der Waals surface area contributed by atoms with Crippen LogP contribution in [0.25, 0.3) is 4.96 Å². The van der Waals surface area contributed by atoms with Crippen molar-refractivity contribution in [2.75, 3.05) is 12.8 Å². The van der Waals surface area contributed by atoms with E-state index in [-0.39, 0.29) is 0 Å². The van der Waals surface area contributed by atoms with Gasteiger partial charge in [-0.15, -0.1) is 11.3 Å². The lowest BCUT2D eigenvalue weighted by atomic mass is 10.4. The fourth-order valence-electron chi connectivity index (χ4n) is 1.44. The lowest BCUT2D eigenvalue weighted by Crippen LogP contribution is -2.22. The third-order valence-electron chi connectivity index (χ3n) is 2.44. The zero-order valence-electron chi connectivity index (χ0n) is 9.24. The molecule has 0 radical (unpaired) electrons. The van der Waals surface area contributed by atoms with Crippen molar-refractivity contribution >= 4 is 39.7 Å². The third kappa shape index (κ3) is 2.53. The molecule has 0 aliphatic heterocycles. The molecule has 16 heavy (non-hydrogen) atoms. The Hall–Kier alpha value is -0.230. The minimum Gasteiger partial charge on any atom is -0.310 e. The fourth-order valence-corrected chi connectivity index (χ4v) is 2.75. The number of thioether (sulfide) groups is 1. The average molecular weight is 276 g/mol. The normalized spacial score (nSPS) is 13.4. The molecule has 1 atom stereocenters. The molecule has 3 nitrogen and oxygen atoms in total. The highest BCUT2D eigenvalue weighted by Crippen LogP contribution is 2.21. The summed E-state index contributed by atoms with van der Waals surface area (Å²) in [5, 5.41) is 6.64. The number of aromatic nitrogens is 2. The summed E-state index contributed by atoms with van der Waals surface area (Å²) in [7, 11) is 0. The second kappa shape index (κ2) is 5.40. The van der Waals surface area contributed by atoms with Crippen molar-refractivity contribution in [3.05, 3.63) is 22.4 Å². The van der Waals surface area contributed by atoms with Crippen LogP contribution in [0, 0.1) is 0 Å². The number of nitrogens with one attached hydrogen (secondary N) is 1. The van der Waals surface area contributed by atoms with Gasteiger partial charge < -0.3 is 5.32 Å². The highest BCUT2D eigenvalue weighted by Gasteiger charge is 2.10. The van der Waals surface area contributed by atoms with Gasteiger partial charge in [-0.2, -0.15) is 11.8 Å². The van der Waals surface area contributed by atoms with E-state index < -0.39 is 0 Å². The maximum Gasteiger partial charge on any atom is 0.195 e. The summed E-state index contributed by atoms with van der Waals surface area (Å²) >= 11 is 9.55. The summed E-state index contributed by atoms with van der Waals surface area (Å²) in [6.45, 7) is 3.95. The number of fused-ring (bicyclic) bond motifs is 1. The Balaban J connectivity index is 2.03. The van der Waals surface area contributed by atoms with Crippen molar-refractivity contribution in [3.63, 3.8) is 0 Å². The minimum atomic E-state index is 0.608. The monoisotopic (exact) mass is 275 g/mol. The van der Waals surface area contributed by atoms with Gasteiger partial charge in [0.25, 0.3) is 0 Å². The van der Waals surface area contributed by atoms with Gasteiger partial charge in [0, 0.05) is 29.9 Å². The van der Waals surface area contributed by atoms with E-state index in [1.54, 1.807) is 11.3 Å². The van der Waals surface area contributed by atoms with E-state index in [0.29, 0.717) is 10.4 Å². The number of nitrogens with zero attached hydrogens (tertiary/aromatic N) is 2. The van der Waals surface area contributed by atoms with Crippen molar-refractivity contribution in [1.29, 1.82) is 0 Å². The average Bonchev–Trinajstić information content (AvgIpc) is 2.81. The Morgan fingerprint density at radius 2 is 2.50 bits per heavy atom. The van der Waals surface area contributed by atoms with Crippen molar-refractivity contribution in [2.24, 2.45) is 0 Å². The Bertz CT molecular complexity index is 466. The van der Waals surface area contributed by atoms with Gasteiger partial charge in [0.2, 0.25) is 0 Å². The molecular weight excluding hydrogens is 262 g/mol. The molecule has 0 fully saturated rings. The fraction of sp³-hybridized carbons (Fsp3) is 0.500. The summed E-state index contributed by atoms with van der Waals surface area (Å²) in [5.74, 6) is 0. The second-order valence-electron chi connectivity index (χ2n) is 3.58. The summed E-state index contributed by atoms with van der Waals surface area (Å²) in [5.41, 5.74) is 1.05. The van der Waals surface area contributed by atoms with E-state index in [9.17, 15) is 0 Å². The summed E-state index contributed by atoms with van der Waals surface area (Å²) in [4.78, 5) is 5.25. The quantitative estimate of drug-likeness (QED) is 0.910. The molecule has 0 saturated heterocycles. The highest BCUT2D eigenvalue weighted by atomic mass is 35.5. The Morgan fingerprint density at radius 1 is 1.69 bits per heavy atom. The number of hydrogen-bond acceptors (Lipinski definition) is 4. The largest absolute Gasteiger partial charge is 0.310 e. The van der Waals surface area contributed by atoms with Crippen LogP contribution in [0.1, 0.15) is 12.6 Å². The highest BCUT2D eigenvalue weighted by molar-refractivity contribution is 7.99. The van der Waals surface area contributed by atoms with E-state index >= 15 is 0 Å². The van der Waals surface area contributed by atoms with Crippen LogP contribution in [0.5, 0.6) is 0 Å². The molecule has 1 N–H and O–H groups in total. The Labute approximate surface area is 108 Å². The molecule has 0 aliphatic carbocycles. The van der Waals surface area contributed by atoms with Gasteiger partial charge in [0.05, 0.1) is 5.69 Å². The van der Waals surface area contributed by atoms with Gasteiger partial charge in [0.1, 0.15) is 0 Å². The summed E-state index contributed by atoms with van der Waals surface area (Å²) in [6.07, 6.45) is 4.13. The standard InChI is InChI=1S/C10H14ClN3S2/c1-7(15-2)5-12-6-8-9(11)13-10-14(8)3-4-16-10/h3-4,7,12H,5-6H2,1-2H3. The van der Waals surface area contributed by atoms with Crippen LogP contribution in [0.15, 0.2) is 11.6 Å². The second-order valence-corrected chi connectivity index (χ2v) is 6.09. The molecule has 6 heteroatoms. The molecule has 2 aromatic rings. The third-order valence-corrected chi connectivity index (χ3v) is 4.47. The van der Waals surface area contributed by atoms with Crippen molar-refractivity contribution in [2.45, 2.75) is 18.7 Å². The zero-order chi connectivity index (χ0) is 11.5. The number of hydrogen-bond donors (Lipinski definition) is 1. The lowest BCUT2D eigenvalue weighted by Gasteiger charge is -2.09. The van der Waals surface area contributed by atoms with Crippen LogP contribution in [0.3, 0.4) is 0 Å². The van der Waals surface area contributed by atoms with Crippen molar-refractivity contribution in [1.82, 2.24) is 14.7 Å². The van der Waals surface area contributed by atoms with Gasteiger partial charge in [-0.05, 0) is 6.26 Å². The number of halogens is 1. The van der Waals surface area contributed by atoms with Crippen LogP contribution < -0.4 is 5.32 Å².